The molecule has 6 heteroatoms. The molecule has 6 nitrogen and oxygen atoms in total. The minimum Gasteiger partial charge on any atom is -0.394 e. The molecular formula is C8H17N3O3. The fourth-order valence-corrected chi connectivity index (χ4v) is 0.927. The molecule has 3 amide bonds. The molecule has 0 saturated carbocycles. The topological polar surface area (TPSA) is 104 Å². The molecule has 0 aliphatic rings. The second kappa shape index (κ2) is 4.92. The molecule has 0 radical (unpaired) electrons. The van der Waals surface area contributed by atoms with Crippen molar-refractivity contribution in [2.24, 2.45) is 5.73 Å². The molecule has 0 aromatic rings. The van der Waals surface area contributed by atoms with E-state index in [1.165, 1.54) is 0 Å². The first-order chi connectivity index (χ1) is 6.28. The van der Waals surface area contributed by atoms with Gasteiger partial charge in [0.2, 0.25) is 5.91 Å². The Bertz CT molecular complexity index is 228. The fourth-order valence-electron chi connectivity index (χ4n) is 0.927. The third-order valence-corrected chi connectivity index (χ3v) is 1.64. The van der Waals surface area contributed by atoms with Crippen LogP contribution in [0.1, 0.15) is 20.8 Å². The van der Waals surface area contributed by atoms with E-state index in [9.17, 15) is 9.59 Å². The summed E-state index contributed by atoms with van der Waals surface area (Å²) in [7, 11) is 0. The average Bonchev–Trinajstić information content (AvgIpc) is 2.02. The maximum atomic E-state index is 11.2. The first-order valence-corrected chi connectivity index (χ1v) is 4.27. The standard InChI is InChI=1S/C8H17N3O3/c1-5(6(13)10-7(9)14)11-8(2,3)4-12/h5,11-12H,4H2,1-3H3,(H3,9,10,13,14). The molecule has 1 unspecified atom stereocenters. The maximum absolute atomic E-state index is 11.2. The Balaban J connectivity index is 4.14. The molecule has 0 aliphatic carbocycles. The molecule has 0 saturated heterocycles. The highest BCUT2D eigenvalue weighted by Gasteiger charge is 2.23. The number of carbonyl (C=O) groups is 2. The van der Waals surface area contributed by atoms with Gasteiger partial charge in [-0.15, -0.1) is 0 Å². The molecule has 5 N–H and O–H groups in total. The van der Waals surface area contributed by atoms with Gasteiger partial charge >= 0.3 is 6.03 Å². The van der Waals surface area contributed by atoms with Crippen LogP contribution >= 0.6 is 0 Å². The van der Waals surface area contributed by atoms with E-state index < -0.39 is 23.5 Å². The van der Waals surface area contributed by atoms with Gasteiger partial charge in [-0.2, -0.15) is 0 Å². The van der Waals surface area contributed by atoms with Gasteiger partial charge in [0.1, 0.15) is 0 Å². The molecule has 0 bridgehead atoms. The third-order valence-electron chi connectivity index (χ3n) is 1.64. The summed E-state index contributed by atoms with van der Waals surface area (Å²) in [6.07, 6.45) is 0. The quantitative estimate of drug-likeness (QED) is 0.467. The average molecular weight is 203 g/mol. The van der Waals surface area contributed by atoms with Crippen molar-refractivity contribution in [1.29, 1.82) is 0 Å². The van der Waals surface area contributed by atoms with Gasteiger partial charge in [0.15, 0.2) is 0 Å². The van der Waals surface area contributed by atoms with E-state index in [-0.39, 0.29) is 6.61 Å². The van der Waals surface area contributed by atoms with E-state index in [1.807, 2.05) is 5.32 Å². The Morgan fingerprint density at radius 3 is 2.36 bits per heavy atom. The molecule has 0 aromatic carbocycles. The molecule has 1 atom stereocenters. The lowest BCUT2D eigenvalue weighted by molar-refractivity contribution is -0.122. The number of aliphatic hydroxyl groups is 1. The normalized spacial score (nSPS) is 13.4. The number of rotatable bonds is 4. The number of hydrogen-bond donors (Lipinski definition) is 4. The van der Waals surface area contributed by atoms with Crippen molar-refractivity contribution in [1.82, 2.24) is 10.6 Å². The van der Waals surface area contributed by atoms with Crippen molar-refractivity contribution in [2.45, 2.75) is 32.4 Å². The van der Waals surface area contributed by atoms with Gasteiger partial charge < -0.3 is 10.8 Å². The van der Waals surface area contributed by atoms with Crippen LogP contribution in [0.3, 0.4) is 0 Å². The lowest BCUT2D eigenvalue weighted by atomic mass is 10.1. The number of aliphatic hydroxyl groups excluding tert-OH is 1. The minimum atomic E-state index is -0.884. The van der Waals surface area contributed by atoms with Gasteiger partial charge in [-0.05, 0) is 20.8 Å². The number of carbonyl (C=O) groups excluding carboxylic acids is 2. The van der Waals surface area contributed by atoms with Gasteiger partial charge in [-0.25, -0.2) is 4.79 Å². The van der Waals surface area contributed by atoms with Crippen LogP contribution in [0.2, 0.25) is 0 Å². The zero-order valence-electron chi connectivity index (χ0n) is 8.63. The molecular weight excluding hydrogens is 186 g/mol. The van der Waals surface area contributed by atoms with Crippen LogP contribution < -0.4 is 16.4 Å². The monoisotopic (exact) mass is 203 g/mol. The highest BCUT2D eigenvalue weighted by Crippen LogP contribution is 2.01. The Labute approximate surface area is 82.9 Å². The lowest BCUT2D eigenvalue weighted by Crippen LogP contribution is -2.54. The van der Waals surface area contributed by atoms with E-state index in [2.05, 4.69) is 5.32 Å². The van der Waals surface area contributed by atoms with Gasteiger partial charge in [0.25, 0.3) is 0 Å². The summed E-state index contributed by atoms with van der Waals surface area (Å²) in [6.45, 7) is 4.94. The van der Waals surface area contributed by atoms with Crippen molar-refractivity contribution >= 4 is 11.9 Å². The number of nitrogens with two attached hydrogens (primary N) is 1. The van der Waals surface area contributed by atoms with E-state index in [0.29, 0.717) is 0 Å². The Morgan fingerprint density at radius 1 is 1.50 bits per heavy atom. The van der Waals surface area contributed by atoms with E-state index in [4.69, 9.17) is 10.8 Å². The van der Waals surface area contributed by atoms with Crippen molar-refractivity contribution in [3.8, 4) is 0 Å². The predicted octanol–water partition coefficient (Wildman–Crippen LogP) is -1.07. The summed E-state index contributed by atoms with van der Waals surface area (Å²) in [4.78, 5) is 21.6. The Hall–Kier alpha value is -1.14. The number of imide groups is 1. The van der Waals surface area contributed by atoms with E-state index in [1.54, 1.807) is 20.8 Å². The van der Waals surface area contributed by atoms with Gasteiger partial charge in [-0.1, -0.05) is 0 Å². The zero-order valence-corrected chi connectivity index (χ0v) is 8.63. The summed E-state index contributed by atoms with van der Waals surface area (Å²) in [6, 6.07) is -1.48. The minimum absolute atomic E-state index is 0.110. The SMILES string of the molecule is CC(NC(C)(C)CO)C(=O)NC(N)=O. The van der Waals surface area contributed by atoms with E-state index in [0.717, 1.165) is 0 Å². The van der Waals surface area contributed by atoms with Gasteiger partial charge in [-0.3, -0.25) is 15.4 Å². The first-order valence-electron chi connectivity index (χ1n) is 4.27. The largest absolute Gasteiger partial charge is 0.394 e. The van der Waals surface area contributed by atoms with Crippen LogP contribution in [0, 0.1) is 0 Å². The number of primary amides is 1. The summed E-state index contributed by atoms with van der Waals surface area (Å²) in [5.41, 5.74) is 4.20. The number of urea groups is 1. The molecule has 0 fully saturated rings. The van der Waals surface area contributed by atoms with Crippen LogP contribution in [0.4, 0.5) is 4.79 Å². The van der Waals surface area contributed by atoms with Crippen LogP contribution in [0.5, 0.6) is 0 Å². The highest BCUT2D eigenvalue weighted by atomic mass is 16.3. The highest BCUT2D eigenvalue weighted by molar-refractivity contribution is 5.96. The molecule has 14 heavy (non-hydrogen) atoms. The first kappa shape index (κ1) is 12.9. The second-order valence-corrected chi connectivity index (χ2v) is 3.76. The predicted molar refractivity (Wildman–Crippen MR) is 51.5 cm³/mol. The molecule has 0 spiro atoms. The van der Waals surface area contributed by atoms with Crippen LogP contribution in [0.15, 0.2) is 0 Å². The lowest BCUT2D eigenvalue weighted by Gasteiger charge is -2.27. The summed E-state index contributed by atoms with van der Waals surface area (Å²) >= 11 is 0. The Morgan fingerprint density at radius 2 is 2.00 bits per heavy atom. The van der Waals surface area contributed by atoms with Gasteiger partial charge in [0, 0.05) is 5.54 Å². The van der Waals surface area contributed by atoms with Crippen molar-refractivity contribution in [3.63, 3.8) is 0 Å². The fraction of sp³-hybridized carbons (Fsp3) is 0.750. The van der Waals surface area contributed by atoms with Crippen LogP contribution in [-0.4, -0.2) is 35.2 Å². The molecule has 0 rings (SSSR count). The smallest absolute Gasteiger partial charge is 0.318 e. The van der Waals surface area contributed by atoms with E-state index >= 15 is 0 Å². The molecule has 0 heterocycles. The summed E-state index contributed by atoms with van der Waals surface area (Å²) < 4.78 is 0. The van der Waals surface area contributed by atoms with Gasteiger partial charge in [0.05, 0.1) is 12.6 Å². The number of hydrogen-bond acceptors (Lipinski definition) is 4. The van der Waals surface area contributed by atoms with Crippen LogP contribution in [0.25, 0.3) is 0 Å². The second-order valence-electron chi connectivity index (χ2n) is 3.76. The zero-order chi connectivity index (χ0) is 11.4. The third kappa shape index (κ3) is 4.78. The number of nitrogens with one attached hydrogen (secondary N) is 2. The summed E-state index contributed by atoms with van der Waals surface area (Å²) in [5.74, 6) is -0.515. The molecule has 82 valence electrons. The summed E-state index contributed by atoms with van der Waals surface area (Å²) in [5, 5.41) is 13.7. The molecule has 0 aliphatic heterocycles. The van der Waals surface area contributed by atoms with Crippen molar-refractivity contribution in [3.05, 3.63) is 0 Å². The Kier molecular flexibility index (Phi) is 4.52. The van der Waals surface area contributed by atoms with Crippen LogP contribution in [-0.2, 0) is 4.79 Å². The maximum Gasteiger partial charge on any atom is 0.318 e. The molecule has 0 aromatic heterocycles. The number of amides is 3. The van der Waals surface area contributed by atoms with Crippen molar-refractivity contribution < 1.29 is 14.7 Å². The van der Waals surface area contributed by atoms with Crippen molar-refractivity contribution in [2.75, 3.05) is 6.61 Å².